The van der Waals surface area contributed by atoms with Crippen LogP contribution >= 0.6 is 0 Å². The van der Waals surface area contributed by atoms with Crippen LogP contribution in [0.4, 0.5) is 11.4 Å². The van der Waals surface area contributed by atoms with Crippen LogP contribution in [0, 0.1) is 11.3 Å². The Kier molecular flexibility index (Phi) is 4.06. The number of hydrogen-bond acceptors (Lipinski definition) is 3. The monoisotopic (exact) mass is 268 g/mol. The second-order valence-corrected chi connectivity index (χ2v) is 4.50. The van der Waals surface area contributed by atoms with Crippen molar-refractivity contribution in [1.29, 1.82) is 5.26 Å². The molecule has 2 aromatic rings. The quantitative estimate of drug-likeness (QED) is 0.893. The molecular formula is C15H16N4O. The first-order valence-corrected chi connectivity index (χ1v) is 6.41. The van der Waals surface area contributed by atoms with Gasteiger partial charge in [0.25, 0.3) is 5.91 Å². The molecule has 1 heterocycles. The molecule has 0 saturated heterocycles. The summed E-state index contributed by atoms with van der Waals surface area (Å²) in [5.74, 6) is -0.208. The zero-order chi connectivity index (χ0) is 14.5. The summed E-state index contributed by atoms with van der Waals surface area (Å²) in [7, 11) is 0. The third-order valence-electron chi connectivity index (χ3n) is 2.89. The highest BCUT2D eigenvalue weighted by Gasteiger charge is 2.12. The minimum absolute atomic E-state index is 0.208. The zero-order valence-electron chi connectivity index (χ0n) is 11.3. The van der Waals surface area contributed by atoms with E-state index in [9.17, 15) is 4.79 Å². The molecular weight excluding hydrogens is 252 g/mol. The molecule has 0 spiro atoms. The van der Waals surface area contributed by atoms with Crippen LogP contribution in [0.1, 0.15) is 29.4 Å². The molecule has 0 aliphatic rings. The number of hydrogen-bond donors (Lipinski definition) is 2. The lowest BCUT2D eigenvalue weighted by Crippen LogP contribution is -2.16. The summed E-state index contributed by atoms with van der Waals surface area (Å²) in [6.07, 6.45) is 2.68. The predicted molar refractivity (Wildman–Crippen MR) is 78.2 cm³/mol. The van der Waals surface area contributed by atoms with Gasteiger partial charge in [-0.1, -0.05) is 6.92 Å². The molecule has 5 heteroatoms. The molecule has 1 amide bonds. The zero-order valence-corrected chi connectivity index (χ0v) is 11.3. The van der Waals surface area contributed by atoms with Gasteiger partial charge in [-0.15, -0.1) is 0 Å². The number of anilines is 2. The highest BCUT2D eigenvalue weighted by molar-refractivity contribution is 6.03. The largest absolute Gasteiger partial charge is 0.397 e. The molecule has 102 valence electrons. The lowest BCUT2D eigenvalue weighted by molar-refractivity contribution is 0.101. The number of benzene rings is 1. The molecule has 0 fully saturated rings. The molecule has 0 unspecified atom stereocenters. The van der Waals surface area contributed by atoms with Gasteiger partial charge >= 0.3 is 0 Å². The highest BCUT2D eigenvalue weighted by atomic mass is 16.1. The van der Waals surface area contributed by atoms with Gasteiger partial charge < -0.3 is 15.6 Å². The molecule has 5 nitrogen and oxygen atoms in total. The number of carbonyl (C=O) groups is 1. The number of amides is 1. The fourth-order valence-corrected chi connectivity index (χ4v) is 1.97. The number of nitrogens with two attached hydrogens (primary N) is 1. The number of nitrogen functional groups attached to an aromatic ring is 1. The SMILES string of the molecule is CCCn1cc(N)cc1C(=O)Nc1ccc(C#N)cc1. The van der Waals surface area contributed by atoms with Gasteiger partial charge in [-0.25, -0.2) is 0 Å². The van der Waals surface area contributed by atoms with Gasteiger partial charge in [-0.3, -0.25) is 4.79 Å². The van der Waals surface area contributed by atoms with Gasteiger partial charge in [0.2, 0.25) is 0 Å². The fraction of sp³-hybridized carbons (Fsp3) is 0.200. The molecule has 2 rings (SSSR count). The summed E-state index contributed by atoms with van der Waals surface area (Å²) in [6.45, 7) is 2.78. The van der Waals surface area contributed by atoms with E-state index in [0.29, 0.717) is 22.6 Å². The lowest BCUT2D eigenvalue weighted by atomic mass is 10.2. The van der Waals surface area contributed by atoms with Crippen molar-refractivity contribution in [3.63, 3.8) is 0 Å². The Morgan fingerprint density at radius 2 is 2.10 bits per heavy atom. The Labute approximate surface area is 117 Å². The molecule has 0 aliphatic carbocycles. The van der Waals surface area contributed by atoms with Crippen LogP contribution in [0.5, 0.6) is 0 Å². The van der Waals surface area contributed by atoms with Gasteiger partial charge in [0, 0.05) is 18.4 Å². The van der Waals surface area contributed by atoms with E-state index in [4.69, 9.17) is 11.0 Å². The molecule has 0 aliphatic heterocycles. The maximum atomic E-state index is 12.2. The van der Waals surface area contributed by atoms with Crippen molar-refractivity contribution >= 4 is 17.3 Å². The molecule has 1 aromatic carbocycles. The summed E-state index contributed by atoms with van der Waals surface area (Å²) < 4.78 is 1.84. The first kappa shape index (κ1) is 13.7. The van der Waals surface area contributed by atoms with E-state index in [0.717, 1.165) is 13.0 Å². The minimum atomic E-state index is -0.208. The maximum Gasteiger partial charge on any atom is 0.272 e. The summed E-state index contributed by atoms with van der Waals surface area (Å²) in [5.41, 5.74) is 8.06. The van der Waals surface area contributed by atoms with E-state index in [1.54, 1.807) is 36.5 Å². The van der Waals surface area contributed by atoms with Crippen molar-refractivity contribution < 1.29 is 4.79 Å². The number of nitriles is 1. The van der Waals surface area contributed by atoms with Gasteiger partial charge in [-0.05, 0) is 36.8 Å². The topological polar surface area (TPSA) is 83.8 Å². The van der Waals surface area contributed by atoms with Crippen LogP contribution in [0.3, 0.4) is 0 Å². The van der Waals surface area contributed by atoms with E-state index in [-0.39, 0.29) is 5.91 Å². The van der Waals surface area contributed by atoms with E-state index < -0.39 is 0 Å². The molecule has 0 atom stereocenters. The van der Waals surface area contributed by atoms with Crippen molar-refractivity contribution in [2.24, 2.45) is 0 Å². The Hall–Kier alpha value is -2.74. The van der Waals surface area contributed by atoms with Crippen LogP contribution in [0.2, 0.25) is 0 Å². The average molecular weight is 268 g/mol. The highest BCUT2D eigenvalue weighted by Crippen LogP contribution is 2.15. The Morgan fingerprint density at radius 3 is 2.70 bits per heavy atom. The summed E-state index contributed by atoms with van der Waals surface area (Å²) in [4.78, 5) is 12.2. The lowest BCUT2D eigenvalue weighted by Gasteiger charge is -2.08. The average Bonchev–Trinajstić information content (AvgIpc) is 2.81. The van der Waals surface area contributed by atoms with Crippen LogP contribution in [0.25, 0.3) is 0 Å². The van der Waals surface area contributed by atoms with Gasteiger partial charge in [-0.2, -0.15) is 5.26 Å². The van der Waals surface area contributed by atoms with Crippen molar-refractivity contribution in [2.45, 2.75) is 19.9 Å². The van der Waals surface area contributed by atoms with E-state index >= 15 is 0 Å². The van der Waals surface area contributed by atoms with E-state index in [1.165, 1.54) is 0 Å². The van der Waals surface area contributed by atoms with Crippen LogP contribution in [-0.4, -0.2) is 10.5 Å². The predicted octanol–water partition coefficient (Wildman–Crippen LogP) is 2.60. The normalized spacial score (nSPS) is 10.0. The standard InChI is InChI=1S/C15H16N4O/c1-2-7-19-10-12(17)8-14(19)15(20)18-13-5-3-11(9-16)4-6-13/h3-6,8,10H,2,7,17H2,1H3,(H,18,20). The summed E-state index contributed by atoms with van der Waals surface area (Å²) in [6, 6.07) is 10.4. The Bertz CT molecular complexity index is 650. The van der Waals surface area contributed by atoms with E-state index in [1.807, 2.05) is 17.6 Å². The number of aromatic nitrogens is 1. The summed E-state index contributed by atoms with van der Waals surface area (Å²) >= 11 is 0. The summed E-state index contributed by atoms with van der Waals surface area (Å²) in [5, 5.41) is 11.5. The molecule has 0 radical (unpaired) electrons. The molecule has 0 saturated carbocycles. The minimum Gasteiger partial charge on any atom is -0.397 e. The van der Waals surface area contributed by atoms with Crippen molar-refractivity contribution in [3.8, 4) is 6.07 Å². The fourth-order valence-electron chi connectivity index (χ4n) is 1.97. The van der Waals surface area contributed by atoms with Crippen molar-refractivity contribution in [1.82, 2.24) is 4.57 Å². The van der Waals surface area contributed by atoms with Crippen LogP contribution < -0.4 is 11.1 Å². The second-order valence-electron chi connectivity index (χ2n) is 4.50. The molecule has 3 N–H and O–H groups in total. The molecule has 1 aromatic heterocycles. The van der Waals surface area contributed by atoms with Crippen LogP contribution in [-0.2, 0) is 6.54 Å². The Balaban J connectivity index is 2.17. The number of nitrogens with zero attached hydrogens (tertiary/aromatic N) is 2. The number of nitrogens with one attached hydrogen (secondary N) is 1. The van der Waals surface area contributed by atoms with Gasteiger partial charge in [0.1, 0.15) is 5.69 Å². The Morgan fingerprint density at radius 1 is 1.40 bits per heavy atom. The van der Waals surface area contributed by atoms with Crippen LogP contribution in [0.15, 0.2) is 36.5 Å². The van der Waals surface area contributed by atoms with Crippen molar-refractivity contribution in [3.05, 3.63) is 47.8 Å². The van der Waals surface area contributed by atoms with Gasteiger partial charge in [0.05, 0.1) is 17.3 Å². The first-order valence-electron chi connectivity index (χ1n) is 6.41. The van der Waals surface area contributed by atoms with Crippen molar-refractivity contribution in [2.75, 3.05) is 11.1 Å². The number of rotatable bonds is 4. The third-order valence-corrected chi connectivity index (χ3v) is 2.89. The number of carbonyl (C=O) groups excluding carboxylic acids is 1. The van der Waals surface area contributed by atoms with Gasteiger partial charge in [0.15, 0.2) is 0 Å². The third kappa shape index (κ3) is 2.98. The second kappa shape index (κ2) is 5.93. The maximum absolute atomic E-state index is 12.2. The van der Waals surface area contributed by atoms with E-state index in [2.05, 4.69) is 5.32 Å². The molecule has 0 bridgehead atoms. The number of aryl methyl sites for hydroxylation is 1. The first-order chi connectivity index (χ1) is 9.63. The molecule has 20 heavy (non-hydrogen) atoms. The smallest absolute Gasteiger partial charge is 0.272 e.